The number of amides is 2. The van der Waals surface area contributed by atoms with E-state index in [0.29, 0.717) is 31.8 Å². The molecule has 10 nitrogen and oxygen atoms in total. The molecule has 10 heteroatoms. The monoisotopic (exact) mass is 367 g/mol. The fourth-order valence-corrected chi connectivity index (χ4v) is 2.54. The van der Waals surface area contributed by atoms with Gasteiger partial charge < -0.3 is 31.2 Å². The quantitative estimate of drug-likeness (QED) is 0.273. The van der Waals surface area contributed by atoms with Crippen molar-refractivity contribution in [2.24, 2.45) is 5.92 Å². The number of nitrogens with one attached hydrogen (secondary N) is 3. The average Bonchev–Trinajstić information content (AvgIpc) is 3.32. The number of anilines is 1. The number of hydrogen-bond donors (Lipinski definition) is 5. The van der Waals surface area contributed by atoms with Crippen LogP contribution in [-0.4, -0.2) is 57.7 Å². The van der Waals surface area contributed by atoms with Crippen molar-refractivity contribution < 1.29 is 24.2 Å². The highest BCUT2D eigenvalue weighted by atomic mass is 16.6. The van der Waals surface area contributed by atoms with E-state index >= 15 is 0 Å². The van der Waals surface area contributed by atoms with Crippen LogP contribution in [0.5, 0.6) is 0 Å². The van der Waals surface area contributed by atoms with Gasteiger partial charge in [-0.15, -0.1) is 0 Å². The van der Waals surface area contributed by atoms with Crippen LogP contribution in [0.4, 0.5) is 5.95 Å². The zero-order valence-corrected chi connectivity index (χ0v) is 14.8. The molecule has 2 amide bonds. The van der Waals surface area contributed by atoms with E-state index < -0.39 is 30.1 Å². The fraction of sp³-hybridized carbons (Fsp3) is 0.625. The van der Waals surface area contributed by atoms with Crippen LogP contribution in [0.25, 0.3) is 0 Å². The number of carbonyl (C=O) groups is 3. The van der Waals surface area contributed by atoms with Crippen molar-refractivity contribution >= 4 is 23.7 Å². The predicted molar refractivity (Wildman–Crippen MR) is 92.0 cm³/mol. The van der Waals surface area contributed by atoms with Crippen LogP contribution in [0.3, 0.4) is 0 Å². The van der Waals surface area contributed by atoms with Crippen molar-refractivity contribution in [1.82, 2.24) is 20.6 Å². The van der Waals surface area contributed by atoms with E-state index in [2.05, 4.69) is 20.6 Å². The van der Waals surface area contributed by atoms with Gasteiger partial charge in [0.1, 0.15) is 6.04 Å². The molecule has 6 N–H and O–H groups in total. The third kappa shape index (κ3) is 5.19. The Kier molecular flexibility index (Phi) is 6.56. The summed E-state index contributed by atoms with van der Waals surface area (Å²) < 4.78 is 4.82. The van der Waals surface area contributed by atoms with Crippen LogP contribution in [0.2, 0.25) is 0 Å². The number of H-pyrrole nitrogens is 1. The topological polar surface area (TPSA) is 163 Å². The Balaban J connectivity index is 1.80. The molecule has 1 aromatic heterocycles. The van der Waals surface area contributed by atoms with E-state index in [1.807, 2.05) is 13.8 Å². The van der Waals surface area contributed by atoms with E-state index in [-0.39, 0.29) is 11.8 Å². The number of rotatable bonds is 10. The third-order valence-electron chi connectivity index (χ3n) is 4.36. The average molecular weight is 367 g/mol. The van der Waals surface area contributed by atoms with Gasteiger partial charge in [0, 0.05) is 12.2 Å². The number of carboxylic acids is 1. The van der Waals surface area contributed by atoms with Crippen molar-refractivity contribution in [3.8, 4) is 0 Å². The number of aryl methyl sites for hydroxylation is 1. The molecule has 2 heterocycles. The number of aliphatic carboxylic acids is 1. The Morgan fingerprint density at radius 3 is 2.69 bits per heavy atom. The van der Waals surface area contributed by atoms with Gasteiger partial charge in [-0.05, 0) is 18.8 Å². The SMILES string of the molecule is CCC(C)C(NC(=O)C1OC1C(=O)O)C(=O)NCCCc1cnc(N)[nH]1. The number of nitrogens with zero attached hydrogens (tertiary/aromatic N) is 1. The number of ether oxygens (including phenoxy) is 1. The van der Waals surface area contributed by atoms with Gasteiger partial charge in [-0.1, -0.05) is 20.3 Å². The van der Waals surface area contributed by atoms with Gasteiger partial charge in [0.2, 0.25) is 5.91 Å². The molecule has 0 bridgehead atoms. The van der Waals surface area contributed by atoms with Crippen LogP contribution in [0.15, 0.2) is 6.20 Å². The summed E-state index contributed by atoms with van der Waals surface area (Å²) in [5.41, 5.74) is 6.38. The molecule has 0 radical (unpaired) electrons. The molecule has 144 valence electrons. The summed E-state index contributed by atoms with van der Waals surface area (Å²) in [6.07, 6.45) is 1.53. The lowest BCUT2D eigenvalue weighted by molar-refractivity contribution is -0.138. The molecule has 0 spiro atoms. The summed E-state index contributed by atoms with van der Waals surface area (Å²) >= 11 is 0. The third-order valence-corrected chi connectivity index (χ3v) is 4.36. The second kappa shape index (κ2) is 8.65. The number of carbonyl (C=O) groups excluding carboxylic acids is 2. The maximum absolute atomic E-state index is 12.4. The number of aromatic amines is 1. The van der Waals surface area contributed by atoms with Crippen molar-refractivity contribution in [3.05, 3.63) is 11.9 Å². The molecule has 26 heavy (non-hydrogen) atoms. The molecule has 2 rings (SSSR count). The first-order chi connectivity index (χ1) is 12.3. The van der Waals surface area contributed by atoms with Crippen molar-refractivity contribution in [2.75, 3.05) is 12.3 Å². The van der Waals surface area contributed by atoms with Crippen molar-refractivity contribution in [2.45, 2.75) is 51.4 Å². The predicted octanol–water partition coefficient (Wildman–Crippen LogP) is -0.576. The lowest BCUT2D eigenvalue weighted by Gasteiger charge is -2.23. The van der Waals surface area contributed by atoms with Crippen LogP contribution in [0.1, 0.15) is 32.4 Å². The highest BCUT2D eigenvalue weighted by molar-refractivity contribution is 5.95. The first-order valence-corrected chi connectivity index (χ1v) is 8.59. The molecule has 1 saturated heterocycles. The van der Waals surface area contributed by atoms with Crippen LogP contribution >= 0.6 is 0 Å². The second-order valence-corrected chi connectivity index (χ2v) is 6.38. The highest BCUT2D eigenvalue weighted by Gasteiger charge is 2.51. The first-order valence-electron chi connectivity index (χ1n) is 8.59. The van der Waals surface area contributed by atoms with Gasteiger partial charge >= 0.3 is 5.97 Å². The first kappa shape index (κ1) is 19.7. The number of nitrogens with two attached hydrogens (primary N) is 1. The summed E-state index contributed by atoms with van der Waals surface area (Å²) in [6.45, 7) is 4.19. The van der Waals surface area contributed by atoms with Gasteiger partial charge in [-0.2, -0.15) is 0 Å². The van der Waals surface area contributed by atoms with Gasteiger partial charge in [0.25, 0.3) is 5.91 Å². The Hall–Kier alpha value is -2.62. The summed E-state index contributed by atoms with van der Waals surface area (Å²) in [7, 11) is 0. The van der Waals surface area contributed by atoms with Crippen molar-refractivity contribution in [1.29, 1.82) is 0 Å². The minimum atomic E-state index is -1.19. The number of nitrogen functional groups attached to an aromatic ring is 1. The number of carboxylic acid groups (broad SMARTS) is 1. The summed E-state index contributed by atoms with van der Waals surface area (Å²) in [5, 5.41) is 14.2. The standard InChI is InChI=1S/C16H25N5O5/c1-3-8(2)10(21-14(23)11-12(26-11)15(24)25)13(22)18-6-4-5-9-7-19-16(17)20-9/h7-8,10-12H,3-6H2,1-2H3,(H,18,22)(H,21,23)(H,24,25)(H3,17,19,20). The normalized spacial score (nSPS) is 20.8. The Morgan fingerprint density at radius 1 is 1.42 bits per heavy atom. The molecular formula is C16H25N5O5. The maximum Gasteiger partial charge on any atom is 0.336 e. The summed E-state index contributed by atoms with van der Waals surface area (Å²) in [4.78, 5) is 42.1. The van der Waals surface area contributed by atoms with E-state index in [1.54, 1.807) is 6.20 Å². The van der Waals surface area contributed by atoms with Crippen molar-refractivity contribution in [3.63, 3.8) is 0 Å². The molecule has 4 atom stereocenters. The number of hydrogen-bond acceptors (Lipinski definition) is 6. The Labute approximate surface area is 150 Å². The molecule has 1 aliphatic heterocycles. The van der Waals surface area contributed by atoms with Gasteiger partial charge in [0.05, 0.1) is 6.20 Å². The largest absolute Gasteiger partial charge is 0.479 e. The van der Waals surface area contributed by atoms with E-state index in [9.17, 15) is 14.4 Å². The lowest BCUT2D eigenvalue weighted by atomic mass is 9.98. The minimum Gasteiger partial charge on any atom is -0.479 e. The fourth-order valence-electron chi connectivity index (χ4n) is 2.54. The Bertz CT molecular complexity index is 661. The highest BCUT2D eigenvalue weighted by Crippen LogP contribution is 2.23. The minimum absolute atomic E-state index is 0.103. The molecule has 1 fully saturated rings. The maximum atomic E-state index is 12.4. The molecule has 4 unspecified atom stereocenters. The zero-order chi connectivity index (χ0) is 19.3. The van der Waals surface area contributed by atoms with E-state index in [1.165, 1.54) is 0 Å². The van der Waals surface area contributed by atoms with E-state index in [0.717, 1.165) is 5.69 Å². The van der Waals surface area contributed by atoms with Gasteiger partial charge in [-0.3, -0.25) is 9.59 Å². The summed E-state index contributed by atoms with van der Waals surface area (Å²) in [5.74, 6) is -1.82. The molecule has 1 aromatic rings. The smallest absolute Gasteiger partial charge is 0.336 e. The van der Waals surface area contributed by atoms with Crippen LogP contribution in [0, 0.1) is 5.92 Å². The zero-order valence-electron chi connectivity index (χ0n) is 14.8. The number of epoxide rings is 1. The van der Waals surface area contributed by atoms with Gasteiger partial charge in [0.15, 0.2) is 18.2 Å². The lowest BCUT2D eigenvalue weighted by Crippen LogP contribution is -2.51. The number of aromatic nitrogens is 2. The Morgan fingerprint density at radius 2 is 2.15 bits per heavy atom. The number of imidazole rings is 1. The molecule has 0 aliphatic carbocycles. The molecule has 0 aromatic carbocycles. The molecule has 0 saturated carbocycles. The second-order valence-electron chi connectivity index (χ2n) is 6.38. The van der Waals surface area contributed by atoms with Crippen LogP contribution in [-0.2, 0) is 25.5 Å². The summed E-state index contributed by atoms with van der Waals surface area (Å²) in [6, 6.07) is -0.742. The van der Waals surface area contributed by atoms with Gasteiger partial charge in [-0.25, -0.2) is 9.78 Å². The molecule has 1 aliphatic rings. The van der Waals surface area contributed by atoms with Crippen LogP contribution < -0.4 is 16.4 Å². The van der Waals surface area contributed by atoms with E-state index in [4.69, 9.17) is 15.6 Å². The molecular weight excluding hydrogens is 342 g/mol.